The fourth-order valence-electron chi connectivity index (χ4n) is 3.71. The topological polar surface area (TPSA) is 12.0 Å². The second-order valence-electron chi connectivity index (χ2n) is 6.42. The highest BCUT2D eigenvalue weighted by atomic mass is 19.2. The van der Waals surface area contributed by atoms with Crippen LogP contribution in [-0.4, -0.2) is 13.1 Å². The first-order chi connectivity index (χ1) is 10.1. The number of hydrogen-bond acceptors (Lipinski definition) is 1. The molecule has 0 radical (unpaired) electrons. The summed E-state index contributed by atoms with van der Waals surface area (Å²) < 4.78 is 26.3. The Morgan fingerprint density at radius 2 is 1.86 bits per heavy atom. The molecule has 1 aliphatic carbocycles. The summed E-state index contributed by atoms with van der Waals surface area (Å²) >= 11 is 0. The summed E-state index contributed by atoms with van der Waals surface area (Å²) in [7, 11) is 1.97. The molecule has 0 saturated heterocycles. The maximum absolute atomic E-state index is 13.3. The van der Waals surface area contributed by atoms with Crippen molar-refractivity contribution in [3.63, 3.8) is 0 Å². The average molecular weight is 295 g/mol. The Hall–Kier alpha value is -0.960. The Morgan fingerprint density at radius 3 is 2.43 bits per heavy atom. The van der Waals surface area contributed by atoms with Crippen molar-refractivity contribution in [3.8, 4) is 0 Å². The van der Waals surface area contributed by atoms with Gasteiger partial charge < -0.3 is 5.32 Å². The van der Waals surface area contributed by atoms with Gasteiger partial charge in [0.15, 0.2) is 11.6 Å². The first-order valence-corrected chi connectivity index (χ1v) is 8.25. The van der Waals surface area contributed by atoms with Gasteiger partial charge in [0.1, 0.15) is 0 Å². The van der Waals surface area contributed by atoms with E-state index in [1.165, 1.54) is 50.7 Å². The molecule has 1 unspecified atom stereocenters. The second-order valence-corrected chi connectivity index (χ2v) is 6.42. The molecule has 3 heteroatoms. The van der Waals surface area contributed by atoms with E-state index in [1.54, 1.807) is 6.07 Å². The molecular weight excluding hydrogens is 268 g/mol. The molecule has 1 saturated carbocycles. The molecule has 2 rings (SSSR count). The highest BCUT2D eigenvalue weighted by molar-refractivity contribution is 5.19. The van der Waals surface area contributed by atoms with Crippen molar-refractivity contribution in [1.82, 2.24) is 5.32 Å². The van der Waals surface area contributed by atoms with Gasteiger partial charge in [0.25, 0.3) is 0 Å². The zero-order chi connectivity index (χ0) is 15.2. The summed E-state index contributed by atoms with van der Waals surface area (Å²) in [6.07, 6.45) is 8.53. The Bertz CT molecular complexity index is 439. The number of likely N-dealkylation sites (N-methyl/N-ethyl adjacent to an activating group) is 1. The molecule has 1 N–H and O–H groups in total. The Labute approximate surface area is 127 Å². The molecule has 0 aromatic heterocycles. The van der Waals surface area contributed by atoms with E-state index in [4.69, 9.17) is 0 Å². The van der Waals surface area contributed by atoms with Crippen molar-refractivity contribution < 1.29 is 8.78 Å². The summed E-state index contributed by atoms with van der Waals surface area (Å²) in [5, 5.41) is 3.38. The summed E-state index contributed by atoms with van der Waals surface area (Å²) in [6.45, 7) is 2.26. The SMILES string of the molecule is CCCC1CCC(C(Cc2ccc(F)c(F)c2)NC)CC1. The number of rotatable bonds is 6. The molecule has 1 aliphatic rings. The highest BCUT2D eigenvalue weighted by Crippen LogP contribution is 2.34. The van der Waals surface area contributed by atoms with Gasteiger partial charge in [0, 0.05) is 6.04 Å². The van der Waals surface area contributed by atoms with Gasteiger partial charge in [0.2, 0.25) is 0 Å². The second kappa shape index (κ2) is 7.88. The van der Waals surface area contributed by atoms with E-state index in [2.05, 4.69) is 12.2 Å². The smallest absolute Gasteiger partial charge is 0.159 e. The van der Waals surface area contributed by atoms with E-state index in [9.17, 15) is 8.78 Å². The van der Waals surface area contributed by atoms with Crippen LogP contribution in [0.5, 0.6) is 0 Å². The minimum absolute atomic E-state index is 0.359. The van der Waals surface area contributed by atoms with Crippen molar-refractivity contribution in [2.45, 2.75) is 57.9 Å². The van der Waals surface area contributed by atoms with E-state index in [-0.39, 0.29) is 0 Å². The molecule has 1 aromatic rings. The molecule has 118 valence electrons. The summed E-state index contributed by atoms with van der Waals surface area (Å²) in [6, 6.07) is 4.63. The third-order valence-corrected chi connectivity index (χ3v) is 4.97. The predicted molar refractivity (Wildman–Crippen MR) is 83.3 cm³/mol. The van der Waals surface area contributed by atoms with E-state index in [1.807, 2.05) is 7.05 Å². The van der Waals surface area contributed by atoms with Crippen LogP contribution in [0.1, 0.15) is 51.0 Å². The number of nitrogens with one attached hydrogen (secondary N) is 1. The fraction of sp³-hybridized carbons (Fsp3) is 0.667. The molecule has 0 spiro atoms. The lowest BCUT2D eigenvalue weighted by Crippen LogP contribution is -2.37. The first kappa shape index (κ1) is 16.4. The van der Waals surface area contributed by atoms with E-state index >= 15 is 0 Å². The molecule has 21 heavy (non-hydrogen) atoms. The van der Waals surface area contributed by atoms with Crippen molar-refractivity contribution >= 4 is 0 Å². The third-order valence-electron chi connectivity index (χ3n) is 4.97. The van der Waals surface area contributed by atoms with Crippen LogP contribution >= 0.6 is 0 Å². The lowest BCUT2D eigenvalue weighted by molar-refractivity contribution is 0.217. The lowest BCUT2D eigenvalue weighted by atomic mass is 9.76. The van der Waals surface area contributed by atoms with Crippen molar-refractivity contribution in [1.29, 1.82) is 0 Å². The molecule has 0 amide bonds. The number of hydrogen-bond donors (Lipinski definition) is 1. The van der Waals surface area contributed by atoms with Crippen molar-refractivity contribution in [3.05, 3.63) is 35.4 Å². The Morgan fingerprint density at radius 1 is 1.14 bits per heavy atom. The van der Waals surface area contributed by atoms with E-state index < -0.39 is 11.6 Å². The quantitative estimate of drug-likeness (QED) is 0.802. The van der Waals surface area contributed by atoms with Crippen LogP contribution in [0.3, 0.4) is 0 Å². The Kier molecular flexibility index (Phi) is 6.16. The summed E-state index contributed by atoms with van der Waals surface area (Å²) in [5.74, 6) is 0.0390. The average Bonchev–Trinajstić information content (AvgIpc) is 2.50. The maximum atomic E-state index is 13.3. The summed E-state index contributed by atoms with van der Waals surface area (Å²) in [4.78, 5) is 0. The maximum Gasteiger partial charge on any atom is 0.159 e. The summed E-state index contributed by atoms with van der Waals surface area (Å²) in [5.41, 5.74) is 0.879. The molecule has 0 heterocycles. The van der Waals surface area contributed by atoms with Crippen molar-refractivity contribution in [2.75, 3.05) is 7.05 Å². The van der Waals surface area contributed by atoms with Crippen LogP contribution in [0.25, 0.3) is 0 Å². The highest BCUT2D eigenvalue weighted by Gasteiger charge is 2.26. The van der Waals surface area contributed by atoms with Crippen LogP contribution < -0.4 is 5.32 Å². The van der Waals surface area contributed by atoms with E-state index in [0.717, 1.165) is 17.9 Å². The van der Waals surface area contributed by atoms with Gasteiger partial charge in [-0.2, -0.15) is 0 Å². The van der Waals surface area contributed by atoms with Crippen LogP contribution in [-0.2, 0) is 6.42 Å². The molecule has 0 aliphatic heterocycles. The molecular formula is C18H27F2N. The van der Waals surface area contributed by atoms with Crippen LogP contribution in [0.2, 0.25) is 0 Å². The van der Waals surface area contributed by atoms with Gasteiger partial charge in [-0.05, 0) is 55.8 Å². The minimum Gasteiger partial charge on any atom is -0.316 e. The third kappa shape index (κ3) is 4.50. The molecule has 1 atom stereocenters. The first-order valence-electron chi connectivity index (χ1n) is 8.25. The van der Waals surface area contributed by atoms with Gasteiger partial charge in [-0.25, -0.2) is 8.78 Å². The van der Waals surface area contributed by atoms with Crippen molar-refractivity contribution in [2.24, 2.45) is 11.8 Å². The normalized spacial score (nSPS) is 24.0. The van der Waals surface area contributed by atoms with Gasteiger partial charge in [-0.15, -0.1) is 0 Å². The van der Waals surface area contributed by atoms with Crippen LogP contribution in [0.15, 0.2) is 18.2 Å². The standard InChI is InChI=1S/C18H27F2N/c1-3-4-13-5-8-15(9-6-13)18(21-2)12-14-7-10-16(19)17(20)11-14/h7,10-11,13,15,18,21H,3-6,8-9,12H2,1-2H3. The zero-order valence-corrected chi connectivity index (χ0v) is 13.2. The van der Waals surface area contributed by atoms with Gasteiger partial charge in [-0.3, -0.25) is 0 Å². The molecule has 1 fully saturated rings. The van der Waals surface area contributed by atoms with Gasteiger partial charge in [-0.1, -0.05) is 38.7 Å². The zero-order valence-electron chi connectivity index (χ0n) is 13.2. The fourth-order valence-corrected chi connectivity index (χ4v) is 3.71. The van der Waals surface area contributed by atoms with Gasteiger partial charge >= 0.3 is 0 Å². The van der Waals surface area contributed by atoms with Crippen LogP contribution in [0, 0.1) is 23.5 Å². The molecule has 0 bridgehead atoms. The monoisotopic (exact) mass is 295 g/mol. The molecule has 1 nitrogen and oxygen atoms in total. The Balaban J connectivity index is 1.92. The van der Waals surface area contributed by atoms with E-state index in [0.29, 0.717) is 12.0 Å². The lowest BCUT2D eigenvalue weighted by Gasteiger charge is -2.34. The predicted octanol–water partition coefficient (Wildman–Crippen LogP) is 4.70. The van der Waals surface area contributed by atoms with Crippen LogP contribution in [0.4, 0.5) is 8.78 Å². The minimum atomic E-state index is -0.764. The largest absolute Gasteiger partial charge is 0.316 e. The molecule has 1 aromatic carbocycles. The van der Waals surface area contributed by atoms with Gasteiger partial charge in [0.05, 0.1) is 0 Å². The number of halogens is 2. The number of benzene rings is 1.